The Kier molecular flexibility index (Phi) is 4.48. The molecular weight excluding hydrogens is 256 g/mol. The highest BCUT2D eigenvalue weighted by Gasteiger charge is 2.06. The van der Waals surface area contributed by atoms with E-state index in [4.69, 9.17) is 19.3 Å². The highest BCUT2D eigenvalue weighted by molar-refractivity contribution is 5.45. The van der Waals surface area contributed by atoms with Crippen LogP contribution in [0.2, 0.25) is 0 Å². The van der Waals surface area contributed by atoms with Gasteiger partial charge in [0, 0.05) is 18.2 Å². The standard InChI is InChI=1S/C16H18O4/c1-11-6-12(10-17)4-5-16(11)20-15-8-13(18-2)7-14(9-15)19-3/h4-9,17H,10H2,1-3H3. The minimum Gasteiger partial charge on any atom is -0.496 e. The minimum atomic E-state index is 0.0219. The van der Waals surface area contributed by atoms with Gasteiger partial charge in [-0.1, -0.05) is 12.1 Å². The first-order valence-electron chi connectivity index (χ1n) is 6.27. The SMILES string of the molecule is COc1cc(OC)cc(Oc2ccc(CO)cc2C)c1. The Morgan fingerprint density at radius 3 is 2.00 bits per heavy atom. The van der Waals surface area contributed by atoms with Crippen LogP contribution in [0.15, 0.2) is 36.4 Å². The van der Waals surface area contributed by atoms with Crippen molar-refractivity contribution >= 4 is 0 Å². The fourth-order valence-electron chi connectivity index (χ4n) is 1.89. The first kappa shape index (κ1) is 14.2. The van der Waals surface area contributed by atoms with Gasteiger partial charge in [-0.2, -0.15) is 0 Å². The van der Waals surface area contributed by atoms with Crippen LogP contribution in [0.3, 0.4) is 0 Å². The van der Waals surface area contributed by atoms with E-state index in [1.54, 1.807) is 32.4 Å². The van der Waals surface area contributed by atoms with Gasteiger partial charge in [0.05, 0.1) is 20.8 Å². The van der Waals surface area contributed by atoms with E-state index in [1.807, 2.05) is 25.1 Å². The molecule has 0 bridgehead atoms. The minimum absolute atomic E-state index is 0.0219. The number of methoxy groups -OCH3 is 2. The van der Waals surface area contributed by atoms with Gasteiger partial charge in [0.15, 0.2) is 0 Å². The average molecular weight is 274 g/mol. The van der Waals surface area contributed by atoms with Crippen molar-refractivity contribution in [1.29, 1.82) is 0 Å². The molecule has 106 valence electrons. The maximum atomic E-state index is 9.11. The van der Waals surface area contributed by atoms with Gasteiger partial charge in [-0.15, -0.1) is 0 Å². The number of aliphatic hydroxyl groups is 1. The molecule has 0 amide bonds. The van der Waals surface area contributed by atoms with Crippen LogP contribution >= 0.6 is 0 Å². The molecule has 0 saturated heterocycles. The van der Waals surface area contributed by atoms with Crippen LogP contribution in [0.4, 0.5) is 0 Å². The second kappa shape index (κ2) is 6.30. The Morgan fingerprint density at radius 1 is 0.900 bits per heavy atom. The largest absolute Gasteiger partial charge is 0.496 e. The summed E-state index contributed by atoms with van der Waals surface area (Å²) >= 11 is 0. The summed E-state index contributed by atoms with van der Waals surface area (Å²) in [6.45, 7) is 1.96. The number of ether oxygens (including phenoxy) is 3. The molecular formula is C16H18O4. The van der Waals surface area contributed by atoms with E-state index in [-0.39, 0.29) is 6.61 Å². The molecule has 2 aromatic carbocycles. The van der Waals surface area contributed by atoms with Gasteiger partial charge in [-0.25, -0.2) is 0 Å². The van der Waals surface area contributed by atoms with Crippen molar-refractivity contribution in [3.05, 3.63) is 47.5 Å². The number of rotatable bonds is 5. The number of hydrogen-bond acceptors (Lipinski definition) is 4. The van der Waals surface area contributed by atoms with Gasteiger partial charge in [-0.05, 0) is 24.1 Å². The lowest BCUT2D eigenvalue weighted by atomic mass is 10.1. The van der Waals surface area contributed by atoms with Crippen molar-refractivity contribution in [3.63, 3.8) is 0 Å². The second-order valence-electron chi connectivity index (χ2n) is 4.41. The Labute approximate surface area is 118 Å². The smallest absolute Gasteiger partial charge is 0.134 e. The van der Waals surface area contributed by atoms with Gasteiger partial charge < -0.3 is 19.3 Å². The van der Waals surface area contributed by atoms with E-state index in [9.17, 15) is 0 Å². The lowest BCUT2D eigenvalue weighted by Crippen LogP contribution is -1.93. The molecule has 0 fully saturated rings. The van der Waals surface area contributed by atoms with Gasteiger partial charge in [-0.3, -0.25) is 0 Å². The summed E-state index contributed by atoms with van der Waals surface area (Å²) in [5.41, 5.74) is 1.82. The predicted octanol–water partition coefficient (Wildman–Crippen LogP) is 3.30. The molecule has 0 radical (unpaired) electrons. The number of aliphatic hydroxyl groups excluding tert-OH is 1. The second-order valence-corrected chi connectivity index (χ2v) is 4.41. The van der Waals surface area contributed by atoms with E-state index in [1.165, 1.54) is 0 Å². The molecule has 0 aliphatic heterocycles. The van der Waals surface area contributed by atoms with E-state index in [2.05, 4.69) is 0 Å². The summed E-state index contributed by atoms with van der Waals surface area (Å²) in [6.07, 6.45) is 0. The summed E-state index contributed by atoms with van der Waals surface area (Å²) < 4.78 is 16.3. The quantitative estimate of drug-likeness (QED) is 0.908. The lowest BCUT2D eigenvalue weighted by molar-refractivity contribution is 0.281. The Bertz CT molecular complexity index is 571. The van der Waals surface area contributed by atoms with Crippen molar-refractivity contribution in [2.75, 3.05) is 14.2 Å². The van der Waals surface area contributed by atoms with Crippen molar-refractivity contribution in [2.45, 2.75) is 13.5 Å². The fourth-order valence-corrected chi connectivity index (χ4v) is 1.89. The molecule has 4 heteroatoms. The van der Waals surface area contributed by atoms with Crippen molar-refractivity contribution in [1.82, 2.24) is 0 Å². The van der Waals surface area contributed by atoms with Gasteiger partial charge in [0.25, 0.3) is 0 Å². The molecule has 0 saturated carbocycles. The van der Waals surface area contributed by atoms with Gasteiger partial charge >= 0.3 is 0 Å². The zero-order valence-electron chi connectivity index (χ0n) is 11.8. The Hall–Kier alpha value is -2.20. The Morgan fingerprint density at radius 2 is 1.50 bits per heavy atom. The zero-order chi connectivity index (χ0) is 14.5. The molecule has 0 spiro atoms. The molecule has 1 N–H and O–H groups in total. The molecule has 4 nitrogen and oxygen atoms in total. The maximum Gasteiger partial charge on any atom is 0.134 e. The van der Waals surface area contributed by atoms with E-state index in [0.29, 0.717) is 17.2 Å². The zero-order valence-corrected chi connectivity index (χ0v) is 11.8. The normalized spacial score (nSPS) is 10.2. The lowest BCUT2D eigenvalue weighted by Gasteiger charge is -2.12. The molecule has 20 heavy (non-hydrogen) atoms. The fraction of sp³-hybridized carbons (Fsp3) is 0.250. The average Bonchev–Trinajstić information content (AvgIpc) is 2.48. The summed E-state index contributed by atoms with van der Waals surface area (Å²) in [5, 5.41) is 9.11. The van der Waals surface area contributed by atoms with Crippen molar-refractivity contribution < 1.29 is 19.3 Å². The molecule has 0 aliphatic rings. The van der Waals surface area contributed by atoms with Crippen LogP contribution in [-0.4, -0.2) is 19.3 Å². The Balaban J connectivity index is 2.29. The van der Waals surface area contributed by atoms with Crippen LogP contribution in [0, 0.1) is 6.92 Å². The number of hydrogen-bond donors (Lipinski definition) is 1. The van der Waals surface area contributed by atoms with Crippen molar-refractivity contribution in [3.8, 4) is 23.0 Å². The molecule has 0 aliphatic carbocycles. The predicted molar refractivity (Wildman–Crippen MR) is 76.7 cm³/mol. The van der Waals surface area contributed by atoms with Gasteiger partial charge in [0.1, 0.15) is 23.0 Å². The van der Waals surface area contributed by atoms with E-state index < -0.39 is 0 Å². The van der Waals surface area contributed by atoms with Crippen LogP contribution in [0.1, 0.15) is 11.1 Å². The maximum absolute atomic E-state index is 9.11. The highest BCUT2D eigenvalue weighted by Crippen LogP contribution is 2.32. The number of aryl methyl sites for hydroxylation is 1. The van der Waals surface area contributed by atoms with Crippen molar-refractivity contribution in [2.24, 2.45) is 0 Å². The summed E-state index contributed by atoms with van der Waals surface area (Å²) in [4.78, 5) is 0. The third kappa shape index (κ3) is 3.22. The topological polar surface area (TPSA) is 47.9 Å². The monoisotopic (exact) mass is 274 g/mol. The molecule has 2 aromatic rings. The van der Waals surface area contributed by atoms with Gasteiger partial charge in [0.2, 0.25) is 0 Å². The third-order valence-electron chi connectivity index (χ3n) is 2.97. The van der Waals surface area contributed by atoms with E-state index >= 15 is 0 Å². The van der Waals surface area contributed by atoms with E-state index in [0.717, 1.165) is 16.9 Å². The molecule has 0 aromatic heterocycles. The molecule has 2 rings (SSSR count). The molecule has 0 unspecified atom stereocenters. The molecule has 0 atom stereocenters. The number of benzene rings is 2. The summed E-state index contributed by atoms with van der Waals surface area (Å²) in [6, 6.07) is 10.9. The third-order valence-corrected chi connectivity index (χ3v) is 2.97. The van der Waals surface area contributed by atoms with Crippen LogP contribution < -0.4 is 14.2 Å². The molecule has 0 heterocycles. The van der Waals surface area contributed by atoms with Crippen LogP contribution in [-0.2, 0) is 6.61 Å². The van der Waals surface area contributed by atoms with Crippen LogP contribution in [0.5, 0.6) is 23.0 Å². The first-order chi connectivity index (χ1) is 9.66. The first-order valence-corrected chi connectivity index (χ1v) is 6.27. The van der Waals surface area contributed by atoms with Crippen LogP contribution in [0.25, 0.3) is 0 Å². The summed E-state index contributed by atoms with van der Waals surface area (Å²) in [7, 11) is 3.19. The summed E-state index contributed by atoms with van der Waals surface area (Å²) in [5.74, 6) is 2.71. The highest BCUT2D eigenvalue weighted by atomic mass is 16.5.